The topological polar surface area (TPSA) is 74.1 Å². The lowest BCUT2D eigenvalue weighted by atomic mass is 10.2. The van der Waals surface area contributed by atoms with E-state index in [1.54, 1.807) is 53.7 Å². The highest BCUT2D eigenvalue weighted by Gasteiger charge is 2.20. The lowest BCUT2D eigenvalue weighted by Gasteiger charge is -2.07. The van der Waals surface area contributed by atoms with E-state index < -0.39 is 9.84 Å². The normalized spacial score (nSPS) is 11.5. The summed E-state index contributed by atoms with van der Waals surface area (Å²) in [5.74, 6) is 1.95. The first kappa shape index (κ1) is 21.4. The summed E-state index contributed by atoms with van der Waals surface area (Å²) in [5.41, 5.74) is 1.29. The van der Waals surface area contributed by atoms with E-state index in [1.807, 2.05) is 12.1 Å². The van der Waals surface area contributed by atoms with Gasteiger partial charge in [-0.05, 0) is 42.7 Å². The Balaban J connectivity index is 1.48. The van der Waals surface area contributed by atoms with Crippen LogP contribution in [0.25, 0.3) is 0 Å². The van der Waals surface area contributed by atoms with Gasteiger partial charge in [-0.1, -0.05) is 49.0 Å². The van der Waals surface area contributed by atoms with Crippen LogP contribution in [0.15, 0.2) is 64.6 Å². The van der Waals surface area contributed by atoms with Crippen molar-refractivity contribution in [2.24, 2.45) is 7.05 Å². The Hall–Kier alpha value is -2.32. The average molecular weight is 432 g/mol. The molecule has 3 aromatic rings. The molecule has 0 aliphatic rings. The Labute approximate surface area is 176 Å². The van der Waals surface area contributed by atoms with E-state index in [2.05, 4.69) is 29.3 Å². The molecule has 1 heterocycles. The van der Waals surface area contributed by atoms with Gasteiger partial charge in [0.1, 0.15) is 17.3 Å². The Kier molecular flexibility index (Phi) is 7.33. The van der Waals surface area contributed by atoms with Gasteiger partial charge in [-0.15, -0.1) is 10.2 Å². The molecule has 0 atom stereocenters. The number of aromatic nitrogens is 3. The lowest BCUT2D eigenvalue weighted by Crippen LogP contribution is -2.09. The van der Waals surface area contributed by atoms with Crippen LogP contribution in [0.3, 0.4) is 0 Å². The van der Waals surface area contributed by atoms with Crippen molar-refractivity contribution >= 4 is 21.6 Å². The maximum Gasteiger partial charge on any atom is 0.190 e. The van der Waals surface area contributed by atoms with Crippen LogP contribution in [0.2, 0.25) is 0 Å². The third-order valence-corrected chi connectivity index (χ3v) is 7.20. The molecule has 0 radical (unpaired) electrons. The van der Waals surface area contributed by atoms with Crippen molar-refractivity contribution in [1.29, 1.82) is 0 Å². The fraction of sp³-hybridized carbons (Fsp3) is 0.333. The fourth-order valence-electron chi connectivity index (χ4n) is 2.71. The molecule has 1 aromatic heterocycles. The summed E-state index contributed by atoms with van der Waals surface area (Å²) in [4.78, 5) is 0.293. The average Bonchev–Trinajstić information content (AvgIpc) is 3.08. The summed E-state index contributed by atoms with van der Waals surface area (Å²) in [5, 5.41) is 8.91. The smallest absolute Gasteiger partial charge is 0.190 e. The third-order valence-electron chi connectivity index (χ3n) is 4.47. The molecule has 0 bridgehead atoms. The summed E-state index contributed by atoms with van der Waals surface area (Å²) in [6.07, 6.45) is 1.87. The number of ether oxygens (including phenoxy) is 1. The van der Waals surface area contributed by atoms with Crippen molar-refractivity contribution < 1.29 is 13.2 Å². The minimum Gasteiger partial charge on any atom is -0.494 e. The summed E-state index contributed by atoms with van der Waals surface area (Å²) in [7, 11) is -1.64. The van der Waals surface area contributed by atoms with Crippen molar-refractivity contribution in [3.63, 3.8) is 0 Å². The number of nitrogens with zero attached hydrogens (tertiary/aromatic N) is 3. The second-order valence-corrected chi connectivity index (χ2v) is 9.63. The molecule has 3 rings (SSSR count). The van der Waals surface area contributed by atoms with Crippen LogP contribution >= 0.6 is 11.8 Å². The SMILES string of the molecule is CCc1ccc(OCCCSc2nnc(CS(=O)(=O)c3ccccc3)n2C)cc1. The van der Waals surface area contributed by atoms with Crippen LogP contribution in [0.4, 0.5) is 0 Å². The van der Waals surface area contributed by atoms with E-state index in [9.17, 15) is 8.42 Å². The molecule has 6 nitrogen and oxygen atoms in total. The number of hydrogen-bond donors (Lipinski definition) is 0. The van der Waals surface area contributed by atoms with Gasteiger partial charge in [-0.25, -0.2) is 8.42 Å². The first-order valence-corrected chi connectivity index (χ1v) is 12.1. The quantitative estimate of drug-likeness (QED) is 0.358. The molecule has 0 saturated heterocycles. The van der Waals surface area contributed by atoms with E-state index in [-0.39, 0.29) is 5.75 Å². The largest absolute Gasteiger partial charge is 0.494 e. The Bertz CT molecular complexity index is 1020. The molecular formula is C21H25N3O3S2. The van der Waals surface area contributed by atoms with Gasteiger partial charge in [0.2, 0.25) is 0 Å². The van der Waals surface area contributed by atoms with Crippen molar-refractivity contribution in [1.82, 2.24) is 14.8 Å². The van der Waals surface area contributed by atoms with Crippen LogP contribution in [0, 0.1) is 0 Å². The highest BCUT2D eigenvalue weighted by Crippen LogP contribution is 2.20. The Morgan fingerprint density at radius 3 is 2.45 bits per heavy atom. The van der Waals surface area contributed by atoms with Crippen molar-refractivity contribution in [3.8, 4) is 5.75 Å². The van der Waals surface area contributed by atoms with Gasteiger partial charge in [0.15, 0.2) is 15.0 Å². The van der Waals surface area contributed by atoms with Crippen LogP contribution in [0.5, 0.6) is 5.75 Å². The molecular weight excluding hydrogens is 406 g/mol. The number of benzene rings is 2. The Morgan fingerprint density at radius 2 is 1.76 bits per heavy atom. The predicted molar refractivity (Wildman–Crippen MR) is 115 cm³/mol. The first-order valence-electron chi connectivity index (χ1n) is 9.50. The van der Waals surface area contributed by atoms with E-state index in [0.717, 1.165) is 24.3 Å². The van der Waals surface area contributed by atoms with Gasteiger partial charge in [0.25, 0.3) is 0 Å². The van der Waals surface area contributed by atoms with Gasteiger partial charge in [0, 0.05) is 12.8 Å². The molecule has 0 aliphatic heterocycles. The van der Waals surface area contributed by atoms with Crippen LogP contribution in [0.1, 0.15) is 24.7 Å². The van der Waals surface area contributed by atoms with E-state index >= 15 is 0 Å². The summed E-state index contributed by atoms with van der Waals surface area (Å²) >= 11 is 1.55. The highest BCUT2D eigenvalue weighted by molar-refractivity contribution is 7.99. The van der Waals surface area contributed by atoms with Gasteiger partial charge in [0.05, 0.1) is 11.5 Å². The predicted octanol–water partition coefficient (Wildman–Crippen LogP) is 3.91. The van der Waals surface area contributed by atoms with Crippen molar-refractivity contribution in [3.05, 3.63) is 66.0 Å². The molecule has 154 valence electrons. The highest BCUT2D eigenvalue weighted by atomic mass is 32.2. The molecule has 8 heteroatoms. The van der Waals surface area contributed by atoms with Gasteiger partial charge in [-0.3, -0.25) is 0 Å². The van der Waals surface area contributed by atoms with Crippen molar-refractivity contribution in [2.45, 2.75) is 35.6 Å². The third kappa shape index (κ3) is 5.83. The van der Waals surface area contributed by atoms with Crippen LogP contribution < -0.4 is 4.74 Å². The molecule has 0 fully saturated rings. The Morgan fingerprint density at radius 1 is 1.03 bits per heavy atom. The molecule has 0 amide bonds. The fourth-order valence-corrected chi connectivity index (χ4v) is 4.88. The summed E-state index contributed by atoms with van der Waals surface area (Å²) < 4.78 is 32.6. The number of rotatable bonds is 10. The minimum atomic E-state index is -3.44. The maximum absolute atomic E-state index is 12.5. The zero-order chi connectivity index (χ0) is 20.7. The zero-order valence-electron chi connectivity index (χ0n) is 16.6. The van der Waals surface area contributed by atoms with Crippen LogP contribution in [-0.2, 0) is 29.1 Å². The number of thioether (sulfide) groups is 1. The summed E-state index contributed by atoms with van der Waals surface area (Å²) in [6.45, 7) is 2.74. The van der Waals surface area contributed by atoms with Gasteiger partial charge < -0.3 is 9.30 Å². The molecule has 0 saturated carbocycles. The van der Waals surface area contributed by atoms with E-state index in [0.29, 0.717) is 22.5 Å². The van der Waals surface area contributed by atoms with E-state index in [4.69, 9.17) is 4.74 Å². The zero-order valence-corrected chi connectivity index (χ0v) is 18.2. The van der Waals surface area contributed by atoms with E-state index in [1.165, 1.54) is 5.56 Å². The van der Waals surface area contributed by atoms with Gasteiger partial charge in [-0.2, -0.15) is 0 Å². The lowest BCUT2D eigenvalue weighted by molar-refractivity contribution is 0.318. The second kappa shape index (κ2) is 9.93. The number of aryl methyl sites for hydroxylation is 1. The minimum absolute atomic E-state index is 0.169. The number of sulfone groups is 1. The van der Waals surface area contributed by atoms with Crippen LogP contribution in [-0.4, -0.2) is 35.5 Å². The number of hydrogen-bond acceptors (Lipinski definition) is 6. The molecule has 0 unspecified atom stereocenters. The molecule has 0 aliphatic carbocycles. The second-order valence-electron chi connectivity index (χ2n) is 6.58. The van der Waals surface area contributed by atoms with Gasteiger partial charge >= 0.3 is 0 Å². The standard InChI is InChI=1S/C21H25N3O3S2/c1-3-17-10-12-18(13-11-17)27-14-7-15-28-21-23-22-20(24(21)2)16-29(25,26)19-8-5-4-6-9-19/h4-6,8-13H,3,7,14-16H2,1-2H3. The molecule has 29 heavy (non-hydrogen) atoms. The summed E-state index contributed by atoms with van der Waals surface area (Å²) in [6, 6.07) is 16.6. The first-order chi connectivity index (χ1) is 14.0. The molecule has 0 N–H and O–H groups in total. The molecule has 2 aromatic carbocycles. The van der Waals surface area contributed by atoms with Crippen molar-refractivity contribution in [2.75, 3.05) is 12.4 Å². The monoisotopic (exact) mass is 431 g/mol. The molecule has 0 spiro atoms. The maximum atomic E-state index is 12.5.